The van der Waals surface area contributed by atoms with Crippen LogP contribution in [0.1, 0.15) is 28.8 Å². The highest BCUT2D eigenvalue weighted by molar-refractivity contribution is 5.99. The van der Waals surface area contributed by atoms with E-state index in [9.17, 15) is 4.79 Å². The molecule has 1 aromatic carbocycles. The summed E-state index contributed by atoms with van der Waals surface area (Å²) in [5.41, 5.74) is 7.86. The highest BCUT2D eigenvalue weighted by Gasteiger charge is 2.14. The number of nitrogen functional groups attached to an aromatic ring is 1. The van der Waals surface area contributed by atoms with Crippen LogP contribution >= 0.6 is 24.8 Å². The zero-order valence-corrected chi connectivity index (χ0v) is 14.9. The van der Waals surface area contributed by atoms with Crippen molar-refractivity contribution in [1.82, 2.24) is 10.3 Å². The third kappa shape index (κ3) is 4.76. The quantitative estimate of drug-likeness (QED) is 0.813. The average molecular weight is 369 g/mol. The summed E-state index contributed by atoms with van der Waals surface area (Å²) in [6.07, 6.45) is 4.23. The monoisotopic (exact) mass is 368 g/mol. The highest BCUT2D eigenvalue weighted by Crippen LogP contribution is 2.18. The SMILES string of the molecule is Cl.Cl.Nc1ccccc1C(=O)NCc1ccnc(N2CCCC2)c1. The van der Waals surface area contributed by atoms with E-state index in [1.807, 2.05) is 24.3 Å². The summed E-state index contributed by atoms with van der Waals surface area (Å²) in [5, 5.41) is 2.91. The molecule has 130 valence electrons. The summed E-state index contributed by atoms with van der Waals surface area (Å²) in [6.45, 7) is 2.59. The lowest BCUT2D eigenvalue weighted by Crippen LogP contribution is -2.24. The van der Waals surface area contributed by atoms with Gasteiger partial charge in [0.25, 0.3) is 5.91 Å². The van der Waals surface area contributed by atoms with Gasteiger partial charge in [-0.25, -0.2) is 4.98 Å². The normalized spacial score (nSPS) is 12.9. The van der Waals surface area contributed by atoms with Gasteiger partial charge >= 0.3 is 0 Å². The van der Waals surface area contributed by atoms with Gasteiger partial charge in [-0.05, 0) is 42.7 Å². The van der Waals surface area contributed by atoms with Crippen molar-refractivity contribution >= 4 is 42.2 Å². The van der Waals surface area contributed by atoms with Crippen LogP contribution in [0.5, 0.6) is 0 Å². The number of halogens is 2. The highest BCUT2D eigenvalue weighted by atomic mass is 35.5. The standard InChI is InChI=1S/C17H20N4O.2ClH/c18-15-6-2-1-5-14(15)17(22)20-12-13-7-8-19-16(11-13)21-9-3-4-10-21;;/h1-2,5-8,11H,3-4,9-10,12,18H2,(H,20,22);2*1H. The number of rotatable bonds is 4. The van der Waals surface area contributed by atoms with Crippen LogP contribution < -0.4 is 16.0 Å². The maximum atomic E-state index is 12.2. The van der Waals surface area contributed by atoms with Gasteiger partial charge in [0.05, 0.1) is 5.56 Å². The van der Waals surface area contributed by atoms with Gasteiger partial charge in [0.2, 0.25) is 0 Å². The molecule has 1 aliphatic heterocycles. The average Bonchev–Trinajstić information content (AvgIpc) is 3.08. The summed E-state index contributed by atoms with van der Waals surface area (Å²) in [6, 6.07) is 11.0. The molecule has 2 aromatic rings. The number of nitrogens with zero attached hydrogens (tertiary/aromatic N) is 2. The Bertz CT molecular complexity index is 675. The molecule has 0 bridgehead atoms. The Morgan fingerprint density at radius 3 is 2.58 bits per heavy atom. The second-order valence-electron chi connectivity index (χ2n) is 5.49. The van der Waals surface area contributed by atoms with Crippen molar-refractivity contribution in [3.63, 3.8) is 0 Å². The van der Waals surface area contributed by atoms with Crippen molar-refractivity contribution in [2.24, 2.45) is 0 Å². The number of anilines is 2. The number of para-hydroxylation sites is 1. The molecule has 0 unspecified atom stereocenters. The molecule has 1 amide bonds. The van der Waals surface area contributed by atoms with Crippen molar-refractivity contribution in [2.45, 2.75) is 19.4 Å². The van der Waals surface area contributed by atoms with Crippen molar-refractivity contribution < 1.29 is 4.79 Å². The van der Waals surface area contributed by atoms with E-state index in [1.54, 1.807) is 18.3 Å². The molecule has 7 heteroatoms. The Balaban J connectivity index is 0.00000144. The van der Waals surface area contributed by atoms with Crippen LogP contribution in [-0.4, -0.2) is 24.0 Å². The fraction of sp³-hybridized carbons (Fsp3) is 0.294. The van der Waals surface area contributed by atoms with Crippen molar-refractivity contribution in [1.29, 1.82) is 0 Å². The van der Waals surface area contributed by atoms with Gasteiger partial charge in [-0.2, -0.15) is 0 Å². The number of nitrogens with one attached hydrogen (secondary N) is 1. The van der Waals surface area contributed by atoms with Crippen LogP contribution in [0.2, 0.25) is 0 Å². The first-order valence-corrected chi connectivity index (χ1v) is 7.56. The predicted octanol–water partition coefficient (Wildman–Crippen LogP) is 3.04. The number of carbonyl (C=O) groups excluding carboxylic acids is 1. The third-order valence-corrected chi connectivity index (χ3v) is 3.90. The first kappa shape index (κ1) is 20.1. The molecular weight excluding hydrogens is 347 g/mol. The molecule has 0 aliphatic carbocycles. The third-order valence-electron chi connectivity index (χ3n) is 3.90. The molecule has 3 N–H and O–H groups in total. The minimum atomic E-state index is -0.155. The molecule has 0 atom stereocenters. The van der Waals surface area contributed by atoms with Gasteiger partial charge in [-0.15, -0.1) is 24.8 Å². The number of nitrogens with two attached hydrogens (primary N) is 1. The Labute approximate surface area is 154 Å². The maximum absolute atomic E-state index is 12.2. The van der Waals surface area contributed by atoms with E-state index < -0.39 is 0 Å². The van der Waals surface area contributed by atoms with Crippen LogP contribution in [0.4, 0.5) is 11.5 Å². The smallest absolute Gasteiger partial charge is 0.253 e. The van der Waals surface area contributed by atoms with Crippen LogP contribution in [0.25, 0.3) is 0 Å². The van der Waals surface area contributed by atoms with Gasteiger partial charge in [0, 0.05) is 31.5 Å². The lowest BCUT2D eigenvalue weighted by molar-refractivity contribution is 0.0952. The molecule has 0 saturated carbocycles. The van der Waals surface area contributed by atoms with E-state index in [0.29, 0.717) is 17.8 Å². The summed E-state index contributed by atoms with van der Waals surface area (Å²) in [4.78, 5) is 18.9. The molecule has 2 heterocycles. The molecule has 3 rings (SSSR count). The van der Waals surface area contributed by atoms with E-state index in [-0.39, 0.29) is 30.7 Å². The fourth-order valence-corrected chi connectivity index (χ4v) is 2.67. The fourth-order valence-electron chi connectivity index (χ4n) is 2.67. The number of hydrogen-bond donors (Lipinski definition) is 2. The molecule has 0 spiro atoms. The first-order chi connectivity index (χ1) is 10.7. The molecule has 1 aromatic heterocycles. The van der Waals surface area contributed by atoms with Gasteiger partial charge < -0.3 is 16.0 Å². The molecule has 1 saturated heterocycles. The van der Waals surface area contributed by atoms with E-state index in [2.05, 4.69) is 15.2 Å². The Morgan fingerprint density at radius 1 is 1.17 bits per heavy atom. The van der Waals surface area contributed by atoms with Crippen LogP contribution in [-0.2, 0) is 6.54 Å². The van der Waals surface area contributed by atoms with Crippen molar-refractivity contribution in [3.05, 3.63) is 53.7 Å². The lowest BCUT2D eigenvalue weighted by atomic mass is 10.1. The number of pyridine rings is 1. The molecule has 1 aliphatic rings. The van der Waals surface area contributed by atoms with Crippen molar-refractivity contribution in [2.75, 3.05) is 23.7 Å². The predicted molar refractivity (Wildman–Crippen MR) is 102 cm³/mol. The van der Waals surface area contributed by atoms with E-state index >= 15 is 0 Å². The number of benzene rings is 1. The second kappa shape index (κ2) is 9.35. The summed E-state index contributed by atoms with van der Waals surface area (Å²) in [7, 11) is 0. The van der Waals surface area contributed by atoms with Gasteiger partial charge in [0.1, 0.15) is 5.82 Å². The van der Waals surface area contributed by atoms with E-state index in [4.69, 9.17) is 5.73 Å². The Morgan fingerprint density at radius 2 is 1.88 bits per heavy atom. The largest absolute Gasteiger partial charge is 0.398 e. The van der Waals surface area contributed by atoms with Gasteiger partial charge in [0.15, 0.2) is 0 Å². The molecule has 0 radical (unpaired) electrons. The van der Waals surface area contributed by atoms with E-state index in [1.165, 1.54) is 12.8 Å². The Kier molecular flexibility index (Phi) is 7.82. The van der Waals surface area contributed by atoms with Crippen LogP contribution in [0.15, 0.2) is 42.6 Å². The van der Waals surface area contributed by atoms with Crippen molar-refractivity contribution in [3.8, 4) is 0 Å². The van der Waals surface area contributed by atoms with E-state index in [0.717, 1.165) is 24.5 Å². The number of amides is 1. The Hall–Kier alpha value is -1.98. The molecular formula is C17H22Cl2N4O. The second-order valence-corrected chi connectivity index (χ2v) is 5.49. The molecule has 1 fully saturated rings. The minimum Gasteiger partial charge on any atom is -0.398 e. The van der Waals surface area contributed by atoms with Crippen LogP contribution in [0, 0.1) is 0 Å². The molecule has 24 heavy (non-hydrogen) atoms. The van der Waals surface area contributed by atoms with Gasteiger partial charge in [-0.1, -0.05) is 12.1 Å². The molecule has 5 nitrogen and oxygen atoms in total. The summed E-state index contributed by atoms with van der Waals surface area (Å²) in [5.74, 6) is 0.834. The summed E-state index contributed by atoms with van der Waals surface area (Å²) >= 11 is 0. The lowest BCUT2D eigenvalue weighted by Gasteiger charge is -2.17. The zero-order chi connectivity index (χ0) is 15.4. The first-order valence-electron chi connectivity index (χ1n) is 7.56. The number of aromatic nitrogens is 1. The number of hydrogen-bond acceptors (Lipinski definition) is 4. The minimum absolute atomic E-state index is 0. The van der Waals surface area contributed by atoms with Crippen LogP contribution in [0.3, 0.4) is 0 Å². The summed E-state index contributed by atoms with van der Waals surface area (Å²) < 4.78 is 0. The topological polar surface area (TPSA) is 71.2 Å². The number of carbonyl (C=O) groups is 1. The van der Waals surface area contributed by atoms with Gasteiger partial charge in [-0.3, -0.25) is 4.79 Å². The zero-order valence-electron chi connectivity index (χ0n) is 13.3. The maximum Gasteiger partial charge on any atom is 0.253 e.